The zero-order valence-corrected chi connectivity index (χ0v) is 16.5. The van der Waals surface area contributed by atoms with E-state index in [1.165, 1.54) is 23.4 Å². The van der Waals surface area contributed by atoms with Gasteiger partial charge < -0.3 is 5.32 Å². The Hall–Kier alpha value is -2.76. The molecule has 0 radical (unpaired) electrons. The third kappa shape index (κ3) is 4.51. The predicted octanol–water partition coefficient (Wildman–Crippen LogP) is 4.46. The van der Waals surface area contributed by atoms with Gasteiger partial charge in [-0.3, -0.25) is 4.68 Å². The van der Waals surface area contributed by atoms with E-state index in [1.807, 2.05) is 30.7 Å². The minimum atomic E-state index is -0.234. The molecule has 5 nitrogen and oxygen atoms in total. The van der Waals surface area contributed by atoms with Gasteiger partial charge in [0.2, 0.25) is 0 Å². The van der Waals surface area contributed by atoms with E-state index in [2.05, 4.69) is 41.2 Å². The topological polar surface area (TPSA) is 55.6 Å². The van der Waals surface area contributed by atoms with Crippen LogP contribution in [0.2, 0.25) is 0 Å². The van der Waals surface area contributed by atoms with Crippen molar-refractivity contribution in [1.82, 2.24) is 19.7 Å². The van der Waals surface area contributed by atoms with Gasteiger partial charge in [-0.05, 0) is 51.0 Å². The summed E-state index contributed by atoms with van der Waals surface area (Å²) in [5, 5.41) is 7.90. The van der Waals surface area contributed by atoms with Crippen molar-refractivity contribution in [3.05, 3.63) is 70.2 Å². The smallest absolute Gasteiger partial charge is 0.130 e. The van der Waals surface area contributed by atoms with Gasteiger partial charge in [0.25, 0.3) is 0 Å². The normalized spacial score (nSPS) is 12.2. The summed E-state index contributed by atoms with van der Waals surface area (Å²) in [6.07, 6.45) is 0. The third-order valence-electron chi connectivity index (χ3n) is 4.92. The standard InChI is InChI=1S/C21H26FN5/c1-13(12-27-16(4)14(2)15(3)26-27)20-10-21(25-17(5)24-20)23-11-18-7-6-8-19(22)9-18/h6-10,13H,11-12H2,1-5H3,(H,23,24,25)/t13-/m0/s1. The fourth-order valence-electron chi connectivity index (χ4n) is 3.09. The van der Waals surface area contributed by atoms with Crippen molar-refractivity contribution in [2.45, 2.75) is 53.6 Å². The second-order valence-electron chi connectivity index (χ2n) is 7.09. The molecule has 2 aromatic heterocycles. The Morgan fingerprint density at radius 3 is 2.56 bits per heavy atom. The number of nitrogens with one attached hydrogen (secondary N) is 1. The van der Waals surface area contributed by atoms with Crippen LogP contribution in [0.4, 0.5) is 10.2 Å². The van der Waals surface area contributed by atoms with Crippen LogP contribution >= 0.6 is 0 Å². The van der Waals surface area contributed by atoms with Crippen LogP contribution in [0.3, 0.4) is 0 Å². The molecule has 2 heterocycles. The lowest BCUT2D eigenvalue weighted by atomic mass is 10.1. The largest absolute Gasteiger partial charge is 0.366 e. The Balaban J connectivity index is 1.74. The van der Waals surface area contributed by atoms with Gasteiger partial charge >= 0.3 is 0 Å². The average Bonchev–Trinajstić information content (AvgIpc) is 2.86. The van der Waals surface area contributed by atoms with E-state index in [-0.39, 0.29) is 11.7 Å². The molecule has 0 aliphatic heterocycles. The lowest BCUT2D eigenvalue weighted by Gasteiger charge is -2.15. The van der Waals surface area contributed by atoms with E-state index in [1.54, 1.807) is 6.07 Å². The number of aryl methyl sites for hydroxylation is 2. The second-order valence-corrected chi connectivity index (χ2v) is 7.09. The fourth-order valence-corrected chi connectivity index (χ4v) is 3.09. The first-order valence-corrected chi connectivity index (χ1v) is 9.18. The molecule has 0 spiro atoms. The first kappa shape index (κ1) is 19.0. The molecule has 3 rings (SSSR count). The number of hydrogen-bond donors (Lipinski definition) is 1. The molecule has 3 aromatic rings. The number of hydrogen-bond acceptors (Lipinski definition) is 4. The molecule has 0 fully saturated rings. The molecule has 0 unspecified atom stereocenters. The Morgan fingerprint density at radius 1 is 1.11 bits per heavy atom. The van der Waals surface area contributed by atoms with E-state index in [4.69, 9.17) is 0 Å². The van der Waals surface area contributed by atoms with E-state index in [0.717, 1.165) is 29.3 Å². The van der Waals surface area contributed by atoms with Crippen molar-refractivity contribution >= 4 is 5.82 Å². The van der Waals surface area contributed by atoms with Gasteiger partial charge in [-0.25, -0.2) is 14.4 Å². The fraction of sp³-hybridized carbons (Fsp3) is 0.381. The molecule has 0 aliphatic carbocycles. The van der Waals surface area contributed by atoms with Gasteiger partial charge in [-0.15, -0.1) is 0 Å². The summed E-state index contributed by atoms with van der Waals surface area (Å²) in [5.41, 5.74) is 5.33. The van der Waals surface area contributed by atoms with Gasteiger partial charge in [0, 0.05) is 30.8 Å². The summed E-state index contributed by atoms with van der Waals surface area (Å²) < 4.78 is 15.4. The SMILES string of the molecule is Cc1nc(NCc2cccc(F)c2)cc([C@@H](C)Cn2nc(C)c(C)c2C)n1. The Labute approximate surface area is 159 Å². The lowest BCUT2D eigenvalue weighted by molar-refractivity contribution is 0.519. The third-order valence-corrected chi connectivity index (χ3v) is 4.92. The molecule has 1 atom stereocenters. The number of aromatic nitrogens is 4. The van der Waals surface area contributed by atoms with Gasteiger partial charge in [-0.2, -0.15) is 5.10 Å². The Morgan fingerprint density at radius 2 is 1.89 bits per heavy atom. The summed E-state index contributed by atoms with van der Waals surface area (Å²) in [7, 11) is 0. The minimum Gasteiger partial charge on any atom is -0.366 e. The average molecular weight is 367 g/mol. The number of rotatable bonds is 6. The highest BCUT2D eigenvalue weighted by atomic mass is 19.1. The molecule has 142 valence electrons. The van der Waals surface area contributed by atoms with Crippen LogP contribution in [0, 0.1) is 33.5 Å². The highest BCUT2D eigenvalue weighted by Gasteiger charge is 2.14. The van der Waals surface area contributed by atoms with Gasteiger partial charge in [-0.1, -0.05) is 19.1 Å². The maximum absolute atomic E-state index is 13.3. The predicted molar refractivity (Wildman–Crippen MR) is 105 cm³/mol. The quantitative estimate of drug-likeness (QED) is 0.699. The molecule has 1 N–H and O–H groups in total. The Bertz CT molecular complexity index is 948. The Kier molecular flexibility index (Phi) is 5.54. The molecule has 1 aromatic carbocycles. The summed E-state index contributed by atoms with van der Waals surface area (Å²) in [6.45, 7) is 11.5. The second kappa shape index (κ2) is 7.86. The molecule has 27 heavy (non-hydrogen) atoms. The first-order valence-electron chi connectivity index (χ1n) is 9.18. The number of benzene rings is 1. The molecule has 6 heteroatoms. The van der Waals surface area contributed by atoms with Gasteiger partial charge in [0.05, 0.1) is 11.4 Å². The van der Waals surface area contributed by atoms with E-state index in [0.29, 0.717) is 12.4 Å². The van der Waals surface area contributed by atoms with Crippen molar-refractivity contribution < 1.29 is 4.39 Å². The van der Waals surface area contributed by atoms with E-state index in [9.17, 15) is 4.39 Å². The monoisotopic (exact) mass is 367 g/mol. The van der Waals surface area contributed by atoms with E-state index >= 15 is 0 Å². The van der Waals surface area contributed by atoms with Crippen LogP contribution < -0.4 is 5.32 Å². The van der Waals surface area contributed by atoms with Crippen LogP contribution in [0.5, 0.6) is 0 Å². The van der Waals surface area contributed by atoms with Gasteiger partial charge in [0.15, 0.2) is 0 Å². The molecule has 0 saturated heterocycles. The minimum absolute atomic E-state index is 0.193. The van der Waals surface area contributed by atoms with Crippen LogP contribution in [0.15, 0.2) is 30.3 Å². The van der Waals surface area contributed by atoms with Crippen LogP contribution in [0.25, 0.3) is 0 Å². The first-order chi connectivity index (χ1) is 12.8. The van der Waals surface area contributed by atoms with Crippen molar-refractivity contribution in [3.63, 3.8) is 0 Å². The summed E-state index contributed by atoms with van der Waals surface area (Å²) in [6, 6.07) is 8.53. The van der Waals surface area contributed by atoms with Crippen molar-refractivity contribution in [3.8, 4) is 0 Å². The van der Waals surface area contributed by atoms with E-state index < -0.39 is 0 Å². The maximum Gasteiger partial charge on any atom is 0.130 e. The molecule has 0 bridgehead atoms. The van der Waals surface area contributed by atoms with Crippen molar-refractivity contribution in [2.75, 3.05) is 5.32 Å². The molecular weight excluding hydrogens is 341 g/mol. The van der Waals surface area contributed by atoms with Crippen molar-refractivity contribution in [1.29, 1.82) is 0 Å². The molecule has 0 aliphatic rings. The number of anilines is 1. The summed E-state index contributed by atoms with van der Waals surface area (Å²) in [4.78, 5) is 9.06. The van der Waals surface area contributed by atoms with Gasteiger partial charge in [0.1, 0.15) is 17.5 Å². The van der Waals surface area contributed by atoms with Crippen molar-refractivity contribution in [2.24, 2.45) is 0 Å². The van der Waals surface area contributed by atoms with Crippen LogP contribution in [-0.4, -0.2) is 19.7 Å². The summed E-state index contributed by atoms with van der Waals surface area (Å²) in [5.74, 6) is 1.42. The lowest BCUT2D eigenvalue weighted by Crippen LogP contribution is -2.13. The maximum atomic E-state index is 13.3. The number of halogens is 1. The van der Waals surface area contributed by atoms with Crippen LogP contribution in [-0.2, 0) is 13.1 Å². The zero-order chi connectivity index (χ0) is 19.6. The molecule has 0 saturated carbocycles. The molecule has 0 amide bonds. The number of nitrogens with zero attached hydrogens (tertiary/aromatic N) is 4. The highest BCUT2D eigenvalue weighted by molar-refractivity contribution is 5.38. The van der Waals surface area contributed by atoms with Crippen LogP contribution in [0.1, 0.15) is 46.9 Å². The zero-order valence-electron chi connectivity index (χ0n) is 16.5. The molecular formula is C21H26FN5. The summed E-state index contributed by atoms with van der Waals surface area (Å²) >= 11 is 0. The highest BCUT2D eigenvalue weighted by Crippen LogP contribution is 2.21.